The summed E-state index contributed by atoms with van der Waals surface area (Å²) in [7, 11) is 0. The molecule has 1 aromatic heterocycles. The van der Waals surface area contributed by atoms with Gasteiger partial charge in [-0.2, -0.15) is 5.10 Å². The minimum absolute atomic E-state index is 0.208. The van der Waals surface area contributed by atoms with Crippen molar-refractivity contribution in [3.05, 3.63) is 52.6 Å². The average molecular weight is 328 g/mol. The molecule has 0 aliphatic heterocycles. The second-order valence-corrected chi connectivity index (χ2v) is 6.17. The SMILES string of the molecule is CCN=CC(Cc1cn[nH]c1-c1ccc(F)cc1C(C)C)=C(C)N. The lowest BCUT2D eigenvalue weighted by molar-refractivity contribution is 0.623. The van der Waals surface area contributed by atoms with Gasteiger partial charge in [0.2, 0.25) is 0 Å². The van der Waals surface area contributed by atoms with E-state index < -0.39 is 0 Å². The third kappa shape index (κ3) is 4.10. The van der Waals surface area contributed by atoms with Gasteiger partial charge in [-0.3, -0.25) is 10.1 Å². The standard InChI is InChI=1S/C19H25FN4/c1-5-22-10-14(13(4)21)8-15-11-23-24-19(15)17-7-6-16(20)9-18(17)12(2)3/h6-7,9-12H,5,8,21H2,1-4H3,(H,23,24). The maximum Gasteiger partial charge on any atom is 0.123 e. The first-order chi connectivity index (χ1) is 11.4. The topological polar surface area (TPSA) is 67.1 Å². The molecule has 128 valence electrons. The Morgan fingerprint density at radius 2 is 2.17 bits per heavy atom. The summed E-state index contributed by atoms with van der Waals surface area (Å²) in [4.78, 5) is 4.29. The summed E-state index contributed by atoms with van der Waals surface area (Å²) in [6.45, 7) is 8.67. The number of H-pyrrole nitrogens is 1. The molecule has 0 amide bonds. The molecule has 2 rings (SSSR count). The van der Waals surface area contributed by atoms with E-state index in [0.717, 1.165) is 33.7 Å². The van der Waals surface area contributed by atoms with Gasteiger partial charge in [0.15, 0.2) is 0 Å². The van der Waals surface area contributed by atoms with Crippen LogP contribution in [-0.2, 0) is 6.42 Å². The first-order valence-electron chi connectivity index (χ1n) is 8.21. The van der Waals surface area contributed by atoms with Crippen LogP contribution in [0.2, 0.25) is 0 Å². The van der Waals surface area contributed by atoms with E-state index in [4.69, 9.17) is 5.73 Å². The van der Waals surface area contributed by atoms with Gasteiger partial charge in [0.1, 0.15) is 5.82 Å². The van der Waals surface area contributed by atoms with Gasteiger partial charge in [0, 0.05) is 36.0 Å². The molecule has 0 spiro atoms. The molecule has 24 heavy (non-hydrogen) atoms. The molecule has 0 bridgehead atoms. The molecule has 0 saturated heterocycles. The molecular formula is C19H25FN4. The number of nitrogens with two attached hydrogens (primary N) is 1. The Morgan fingerprint density at radius 3 is 2.79 bits per heavy atom. The number of aromatic nitrogens is 2. The molecule has 0 saturated carbocycles. The van der Waals surface area contributed by atoms with Gasteiger partial charge >= 0.3 is 0 Å². The predicted molar refractivity (Wildman–Crippen MR) is 97.7 cm³/mol. The molecule has 0 unspecified atom stereocenters. The van der Waals surface area contributed by atoms with Gasteiger partial charge in [0.05, 0.1) is 11.9 Å². The van der Waals surface area contributed by atoms with Gasteiger partial charge in [-0.25, -0.2) is 4.39 Å². The minimum Gasteiger partial charge on any atom is -0.402 e. The first-order valence-corrected chi connectivity index (χ1v) is 8.21. The number of rotatable bonds is 6. The maximum atomic E-state index is 13.6. The zero-order chi connectivity index (χ0) is 17.7. The largest absolute Gasteiger partial charge is 0.402 e. The number of allylic oxidation sites excluding steroid dienone is 2. The number of aromatic amines is 1. The molecule has 0 aliphatic rings. The molecule has 1 heterocycles. The second-order valence-electron chi connectivity index (χ2n) is 6.17. The van der Waals surface area contributed by atoms with Crippen molar-refractivity contribution in [3.63, 3.8) is 0 Å². The third-order valence-electron chi connectivity index (χ3n) is 3.94. The summed E-state index contributed by atoms with van der Waals surface area (Å²) < 4.78 is 13.6. The van der Waals surface area contributed by atoms with Crippen LogP contribution in [0.5, 0.6) is 0 Å². The van der Waals surface area contributed by atoms with E-state index in [9.17, 15) is 4.39 Å². The maximum absolute atomic E-state index is 13.6. The van der Waals surface area contributed by atoms with E-state index in [1.54, 1.807) is 18.3 Å². The lowest BCUT2D eigenvalue weighted by atomic mass is 9.92. The summed E-state index contributed by atoms with van der Waals surface area (Å²) in [5.41, 5.74) is 11.5. The number of nitrogens with one attached hydrogen (secondary N) is 1. The zero-order valence-corrected chi connectivity index (χ0v) is 14.7. The summed E-state index contributed by atoms with van der Waals surface area (Å²) in [6, 6.07) is 4.88. The molecule has 4 nitrogen and oxygen atoms in total. The number of hydrogen-bond acceptors (Lipinski definition) is 3. The Bertz CT molecular complexity index is 752. The normalized spacial score (nSPS) is 12.9. The Hall–Kier alpha value is -2.43. The highest BCUT2D eigenvalue weighted by atomic mass is 19.1. The van der Waals surface area contributed by atoms with Crippen molar-refractivity contribution in [1.29, 1.82) is 0 Å². The zero-order valence-electron chi connectivity index (χ0n) is 14.7. The Kier molecular flexibility index (Phi) is 5.90. The van der Waals surface area contributed by atoms with Crippen molar-refractivity contribution in [1.82, 2.24) is 10.2 Å². The van der Waals surface area contributed by atoms with Crippen molar-refractivity contribution in [2.45, 2.75) is 40.0 Å². The van der Waals surface area contributed by atoms with E-state index >= 15 is 0 Å². The van der Waals surface area contributed by atoms with E-state index in [1.165, 1.54) is 6.07 Å². The number of nitrogens with zero attached hydrogens (tertiary/aromatic N) is 2. The monoisotopic (exact) mass is 328 g/mol. The van der Waals surface area contributed by atoms with Crippen LogP contribution in [0.15, 0.2) is 40.7 Å². The summed E-state index contributed by atoms with van der Waals surface area (Å²) in [6.07, 6.45) is 4.25. The second kappa shape index (κ2) is 7.90. The van der Waals surface area contributed by atoms with Gasteiger partial charge in [-0.1, -0.05) is 13.8 Å². The lowest BCUT2D eigenvalue weighted by Crippen LogP contribution is -2.04. The number of aliphatic imine (C=N–C) groups is 1. The minimum atomic E-state index is -0.225. The van der Waals surface area contributed by atoms with Gasteiger partial charge in [0.25, 0.3) is 0 Å². The lowest BCUT2D eigenvalue weighted by Gasteiger charge is -2.13. The molecule has 0 fully saturated rings. The first kappa shape index (κ1) is 17.9. The van der Waals surface area contributed by atoms with Gasteiger partial charge in [-0.15, -0.1) is 0 Å². The molecule has 0 radical (unpaired) electrons. The van der Waals surface area contributed by atoms with Crippen LogP contribution in [0.1, 0.15) is 44.7 Å². The number of benzene rings is 1. The summed E-state index contributed by atoms with van der Waals surface area (Å²) in [5, 5.41) is 7.24. The van der Waals surface area contributed by atoms with Crippen molar-refractivity contribution >= 4 is 6.21 Å². The fraction of sp³-hybridized carbons (Fsp3) is 0.368. The van der Waals surface area contributed by atoms with Gasteiger partial charge < -0.3 is 5.73 Å². The smallest absolute Gasteiger partial charge is 0.123 e. The molecule has 3 N–H and O–H groups in total. The van der Waals surface area contributed by atoms with Crippen molar-refractivity contribution in [2.75, 3.05) is 6.54 Å². The molecule has 5 heteroatoms. The van der Waals surface area contributed by atoms with Crippen LogP contribution < -0.4 is 5.73 Å². The number of halogens is 1. The van der Waals surface area contributed by atoms with Crippen LogP contribution in [0, 0.1) is 5.82 Å². The van der Waals surface area contributed by atoms with E-state index in [0.29, 0.717) is 13.0 Å². The molecule has 0 aliphatic carbocycles. The predicted octanol–water partition coefficient (Wildman–Crippen LogP) is 4.21. The molecule has 2 aromatic rings. The van der Waals surface area contributed by atoms with E-state index in [-0.39, 0.29) is 11.7 Å². The van der Waals surface area contributed by atoms with Crippen LogP contribution >= 0.6 is 0 Å². The average Bonchev–Trinajstić information content (AvgIpc) is 2.99. The van der Waals surface area contributed by atoms with Crippen LogP contribution in [0.25, 0.3) is 11.3 Å². The van der Waals surface area contributed by atoms with E-state index in [1.807, 2.05) is 20.1 Å². The third-order valence-corrected chi connectivity index (χ3v) is 3.94. The quantitative estimate of drug-likeness (QED) is 0.780. The Balaban J connectivity index is 2.45. The van der Waals surface area contributed by atoms with Crippen LogP contribution in [0.4, 0.5) is 4.39 Å². The van der Waals surface area contributed by atoms with Crippen LogP contribution in [-0.4, -0.2) is 23.0 Å². The van der Waals surface area contributed by atoms with Crippen LogP contribution in [0.3, 0.4) is 0 Å². The van der Waals surface area contributed by atoms with Crippen molar-refractivity contribution < 1.29 is 4.39 Å². The van der Waals surface area contributed by atoms with Crippen molar-refractivity contribution in [3.8, 4) is 11.3 Å². The Labute approximate surface area is 142 Å². The molecule has 1 aromatic carbocycles. The highest BCUT2D eigenvalue weighted by Crippen LogP contribution is 2.31. The molecular weight excluding hydrogens is 303 g/mol. The summed E-state index contributed by atoms with van der Waals surface area (Å²) in [5.74, 6) is -0.0169. The Morgan fingerprint density at radius 1 is 1.42 bits per heavy atom. The molecule has 0 atom stereocenters. The van der Waals surface area contributed by atoms with E-state index in [2.05, 4.69) is 29.0 Å². The number of hydrogen-bond donors (Lipinski definition) is 2. The highest BCUT2D eigenvalue weighted by molar-refractivity contribution is 5.81. The fourth-order valence-electron chi connectivity index (χ4n) is 2.61. The van der Waals surface area contributed by atoms with Gasteiger partial charge in [-0.05, 0) is 49.1 Å². The fourth-order valence-corrected chi connectivity index (χ4v) is 2.61. The summed E-state index contributed by atoms with van der Waals surface area (Å²) >= 11 is 0. The van der Waals surface area contributed by atoms with Crippen molar-refractivity contribution in [2.24, 2.45) is 10.7 Å². The highest BCUT2D eigenvalue weighted by Gasteiger charge is 2.16.